The Morgan fingerprint density at radius 2 is 1.74 bits per heavy atom. The molecule has 0 amide bonds. The van der Waals surface area contributed by atoms with Crippen molar-refractivity contribution in [2.24, 2.45) is 5.73 Å². The Hall–Kier alpha value is -0.860. The van der Waals surface area contributed by atoms with E-state index in [1.165, 1.54) is 16.7 Å². The van der Waals surface area contributed by atoms with Crippen molar-refractivity contribution in [2.45, 2.75) is 58.9 Å². The summed E-state index contributed by atoms with van der Waals surface area (Å²) in [5, 5.41) is 3.67. The summed E-state index contributed by atoms with van der Waals surface area (Å²) in [6.45, 7) is 15.1. The maximum atomic E-state index is 5.67. The molecule has 108 valence electrons. The van der Waals surface area contributed by atoms with Crippen molar-refractivity contribution in [3.05, 3.63) is 34.9 Å². The molecule has 1 aromatic rings. The number of nitrogens with one attached hydrogen (secondary N) is 1. The maximum Gasteiger partial charge on any atom is 0.0137 e. The van der Waals surface area contributed by atoms with E-state index in [0.717, 1.165) is 19.5 Å². The molecule has 0 atom stereocenters. The Labute approximate surface area is 118 Å². The fraction of sp³-hybridized carbons (Fsp3) is 0.647. The average molecular weight is 262 g/mol. The fourth-order valence-electron chi connectivity index (χ4n) is 2.47. The van der Waals surface area contributed by atoms with Gasteiger partial charge >= 0.3 is 0 Å². The van der Waals surface area contributed by atoms with Gasteiger partial charge in [0.15, 0.2) is 0 Å². The standard InChI is InChI=1S/C17H30N2/c1-13-7-8-14(2)15(11-13)16(3,4)12-19-17(5,6)9-10-18/h7-8,11,19H,9-10,12,18H2,1-6H3. The first-order valence-electron chi connectivity index (χ1n) is 7.21. The van der Waals surface area contributed by atoms with Crippen LogP contribution in [0.25, 0.3) is 0 Å². The van der Waals surface area contributed by atoms with Crippen LogP contribution in [-0.4, -0.2) is 18.6 Å². The molecule has 0 heterocycles. The first kappa shape index (κ1) is 16.2. The number of benzene rings is 1. The van der Waals surface area contributed by atoms with E-state index in [-0.39, 0.29) is 11.0 Å². The van der Waals surface area contributed by atoms with Gasteiger partial charge in [0.25, 0.3) is 0 Å². The van der Waals surface area contributed by atoms with E-state index in [1.807, 2.05) is 0 Å². The predicted octanol–water partition coefficient (Wildman–Crippen LogP) is 3.30. The largest absolute Gasteiger partial charge is 0.330 e. The molecule has 3 N–H and O–H groups in total. The number of rotatable bonds is 6. The van der Waals surface area contributed by atoms with E-state index in [4.69, 9.17) is 5.73 Å². The van der Waals surface area contributed by atoms with Gasteiger partial charge in [-0.25, -0.2) is 0 Å². The molecule has 1 aromatic carbocycles. The van der Waals surface area contributed by atoms with Crippen molar-refractivity contribution in [3.63, 3.8) is 0 Å². The molecule has 0 aliphatic rings. The van der Waals surface area contributed by atoms with Gasteiger partial charge in [-0.15, -0.1) is 0 Å². The minimum Gasteiger partial charge on any atom is -0.330 e. The van der Waals surface area contributed by atoms with Crippen LogP contribution in [0.1, 0.15) is 50.8 Å². The third-order valence-corrected chi connectivity index (χ3v) is 3.90. The van der Waals surface area contributed by atoms with Crippen LogP contribution in [-0.2, 0) is 5.41 Å². The number of aryl methyl sites for hydroxylation is 2. The molecular weight excluding hydrogens is 232 g/mol. The molecule has 0 saturated carbocycles. The molecule has 0 fully saturated rings. The van der Waals surface area contributed by atoms with Crippen LogP contribution in [0.2, 0.25) is 0 Å². The van der Waals surface area contributed by atoms with E-state index in [1.54, 1.807) is 0 Å². The van der Waals surface area contributed by atoms with Crippen LogP contribution in [0, 0.1) is 13.8 Å². The fourth-order valence-corrected chi connectivity index (χ4v) is 2.47. The highest BCUT2D eigenvalue weighted by molar-refractivity contribution is 5.36. The molecule has 0 spiro atoms. The van der Waals surface area contributed by atoms with Gasteiger partial charge in [0.05, 0.1) is 0 Å². The Bertz CT molecular complexity index is 419. The van der Waals surface area contributed by atoms with Crippen molar-refractivity contribution in [1.82, 2.24) is 5.32 Å². The average Bonchev–Trinajstić information content (AvgIpc) is 2.30. The Morgan fingerprint density at radius 3 is 2.32 bits per heavy atom. The van der Waals surface area contributed by atoms with Crippen LogP contribution in [0.4, 0.5) is 0 Å². The lowest BCUT2D eigenvalue weighted by molar-refractivity contribution is 0.325. The van der Waals surface area contributed by atoms with Crippen molar-refractivity contribution in [2.75, 3.05) is 13.1 Å². The summed E-state index contributed by atoms with van der Waals surface area (Å²) in [4.78, 5) is 0. The monoisotopic (exact) mass is 262 g/mol. The van der Waals surface area contributed by atoms with Gasteiger partial charge in [0, 0.05) is 17.5 Å². The van der Waals surface area contributed by atoms with Crippen LogP contribution < -0.4 is 11.1 Å². The van der Waals surface area contributed by atoms with Gasteiger partial charge in [-0.05, 0) is 51.8 Å². The first-order chi connectivity index (χ1) is 8.68. The van der Waals surface area contributed by atoms with Gasteiger partial charge in [0.1, 0.15) is 0 Å². The Kier molecular flexibility index (Phi) is 5.17. The van der Waals surface area contributed by atoms with Crippen LogP contribution >= 0.6 is 0 Å². The van der Waals surface area contributed by atoms with Gasteiger partial charge in [0.2, 0.25) is 0 Å². The quantitative estimate of drug-likeness (QED) is 0.825. The van der Waals surface area contributed by atoms with Crippen LogP contribution in [0.3, 0.4) is 0 Å². The molecular formula is C17H30N2. The van der Waals surface area contributed by atoms with Crippen LogP contribution in [0.15, 0.2) is 18.2 Å². The summed E-state index contributed by atoms with van der Waals surface area (Å²) >= 11 is 0. The lowest BCUT2D eigenvalue weighted by atomic mass is 9.80. The zero-order valence-electron chi connectivity index (χ0n) is 13.4. The van der Waals surface area contributed by atoms with Crippen molar-refractivity contribution >= 4 is 0 Å². The van der Waals surface area contributed by atoms with E-state index in [2.05, 4.69) is 65.1 Å². The first-order valence-corrected chi connectivity index (χ1v) is 7.21. The molecule has 0 aliphatic heterocycles. The highest BCUT2D eigenvalue weighted by atomic mass is 15.0. The van der Waals surface area contributed by atoms with Crippen molar-refractivity contribution in [1.29, 1.82) is 0 Å². The van der Waals surface area contributed by atoms with Gasteiger partial charge in [-0.2, -0.15) is 0 Å². The second kappa shape index (κ2) is 6.06. The topological polar surface area (TPSA) is 38.0 Å². The lowest BCUT2D eigenvalue weighted by Gasteiger charge is -2.34. The smallest absolute Gasteiger partial charge is 0.0137 e. The third kappa shape index (κ3) is 4.63. The molecule has 0 aromatic heterocycles. The minimum atomic E-state index is 0.101. The van der Waals surface area contributed by atoms with Crippen molar-refractivity contribution < 1.29 is 0 Å². The highest BCUT2D eigenvalue weighted by Crippen LogP contribution is 2.27. The zero-order chi connectivity index (χ0) is 14.7. The molecule has 0 bridgehead atoms. The normalized spacial score (nSPS) is 12.8. The minimum absolute atomic E-state index is 0.101. The second-order valence-electron chi connectivity index (χ2n) is 6.98. The molecule has 0 radical (unpaired) electrons. The predicted molar refractivity (Wildman–Crippen MR) is 84.7 cm³/mol. The SMILES string of the molecule is Cc1ccc(C)c(C(C)(C)CNC(C)(C)CCN)c1. The van der Waals surface area contributed by atoms with E-state index >= 15 is 0 Å². The molecule has 19 heavy (non-hydrogen) atoms. The number of hydrogen-bond acceptors (Lipinski definition) is 2. The van der Waals surface area contributed by atoms with Gasteiger partial charge in [-0.3, -0.25) is 0 Å². The number of nitrogens with two attached hydrogens (primary N) is 1. The van der Waals surface area contributed by atoms with Gasteiger partial charge in [-0.1, -0.05) is 37.6 Å². The van der Waals surface area contributed by atoms with Gasteiger partial charge < -0.3 is 11.1 Å². The van der Waals surface area contributed by atoms with Crippen molar-refractivity contribution in [3.8, 4) is 0 Å². The lowest BCUT2D eigenvalue weighted by Crippen LogP contribution is -2.46. The van der Waals surface area contributed by atoms with E-state index < -0.39 is 0 Å². The summed E-state index contributed by atoms with van der Waals surface area (Å²) in [6.07, 6.45) is 0.996. The van der Waals surface area contributed by atoms with E-state index in [0.29, 0.717) is 0 Å². The Morgan fingerprint density at radius 1 is 1.11 bits per heavy atom. The molecule has 0 aliphatic carbocycles. The molecule has 0 unspecified atom stereocenters. The van der Waals surface area contributed by atoms with E-state index in [9.17, 15) is 0 Å². The third-order valence-electron chi connectivity index (χ3n) is 3.90. The Balaban J connectivity index is 2.83. The summed E-state index contributed by atoms with van der Waals surface area (Å²) in [5.74, 6) is 0. The summed E-state index contributed by atoms with van der Waals surface area (Å²) in [5.41, 5.74) is 10.0. The summed E-state index contributed by atoms with van der Waals surface area (Å²) < 4.78 is 0. The molecule has 2 nitrogen and oxygen atoms in total. The van der Waals surface area contributed by atoms with Crippen LogP contribution in [0.5, 0.6) is 0 Å². The number of hydrogen-bond donors (Lipinski definition) is 2. The zero-order valence-corrected chi connectivity index (χ0v) is 13.4. The summed E-state index contributed by atoms with van der Waals surface area (Å²) in [6, 6.07) is 6.71. The molecule has 2 heteroatoms. The second-order valence-corrected chi connectivity index (χ2v) is 6.98. The highest BCUT2D eigenvalue weighted by Gasteiger charge is 2.26. The maximum absolute atomic E-state index is 5.67. The molecule has 0 saturated heterocycles. The summed E-state index contributed by atoms with van der Waals surface area (Å²) in [7, 11) is 0. The molecule has 1 rings (SSSR count).